The summed E-state index contributed by atoms with van der Waals surface area (Å²) in [6.45, 7) is 6.23. The lowest BCUT2D eigenvalue weighted by atomic mass is 10.0. The maximum atomic E-state index is 12.6. The van der Waals surface area contributed by atoms with Crippen LogP contribution in [0.2, 0.25) is 0 Å². The molecule has 1 heterocycles. The van der Waals surface area contributed by atoms with Crippen LogP contribution in [-0.2, 0) is 4.79 Å². The molecule has 5 heteroatoms. The minimum Gasteiger partial charge on any atom is -0.340 e. The summed E-state index contributed by atoms with van der Waals surface area (Å²) in [7, 11) is 0. The number of carbonyl (C=O) groups excluding carboxylic acids is 2. The second kappa shape index (κ2) is 9.56. The number of piperidine rings is 1. The van der Waals surface area contributed by atoms with Gasteiger partial charge in [0.1, 0.15) is 0 Å². The fourth-order valence-corrected chi connectivity index (χ4v) is 3.39. The number of amides is 2. The van der Waals surface area contributed by atoms with Crippen LogP contribution in [-0.4, -0.2) is 53.3 Å². The molecule has 1 aromatic carbocycles. The summed E-state index contributed by atoms with van der Waals surface area (Å²) in [6.07, 6.45) is 3.89. The number of likely N-dealkylation sites (tertiary alicyclic amines) is 1. The Morgan fingerprint density at radius 1 is 1.24 bits per heavy atom. The molecule has 0 aromatic heterocycles. The van der Waals surface area contributed by atoms with Crippen LogP contribution in [0.4, 0.5) is 0 Å². The van der Waals surface area contributed by atoms with Gasteiger partial charge in [-0.3, -0.25) is 9.59 Å². The molecule has 1 unspecified atom stereocenters. The van der Waals surface area contributed by atoms with Crippen LogP contribution in [0.5, 0.6) is 0 Å². The lowest BCUT2D eigenvalue weighted by Crippen LogP contribution is -2.49. The van der Waals surface area contributed by atoms with Gasteiger partial charge in [-0.25, -0.2) is 0 Å². The Labute approximate surface area is 151 Å². The topological polar surface area (TPSA) is 66.6 Å². The van der Waals surface area contributed by atoms with Gasteiger partial charge in [0.25, 0.3) is 5.91 Å². The first kappa shape index (κ1) is 19.4. The third-order valence-electron chi connectivity index (χ3n) is 4.81. The van der Waals surface area contributed by atoms with Crippen molar-refractivity contribution >= 4 is 11.8 Å². The summed E-state index contributed by atoms with van der Waals surface area (Å²) in [5.74, 6) is 0.288. The van der Waals surface area contributed by atoms with E-state index in [4.69, 9.17) is 5.73 Å². The Hall–Kier alpha value is -1.88. The van der Waals surface area contributed by atoms with E-state index in [-0.39, 0.29) is 23.9 Å². The van der Waals surface area contributed by atoms with Gasteiger partial charge in [0, 0.05) is 43.7 Å². The number of rotatable bonds is 7. The van der Waals surface area contributed by atoms with Crippen LogP contribution in [0.1, 0.15) is 56.3 Å². The summed E-state index contributed by atoms with van der Waals surface area (Å²) < 4.78 is 0. The number of nitrogens with two attached hydrogens (primary N) is 1. The van der Waals surface area contributed by atoms with Crippen LogP contribution >= 0.6 is 0 Å². The van der Waals surface area contributed by atoms with Crippen LogP contribution in [0, 0.1) is 0 Å². The van der Waals surface area contributed by atoms with Crippen LogP contribution in [0.3, 0.4) is 0 Å². The van der Waals surface area contributed by atoms with Crippen molar-refractivity contribution in [2.75, 3.05) is 19.6 Å². The van der Waals surface area contributed by atoms with E-state index in [1.54, 1.807) is 0 Å². The Kier molecular flexibility index (Phi) is 7.44. The molecule has 138 valence electrons. The summed E-state index contributed by atoms with van der Waals surface area (Å²) in [6, 6.07) is 9.70. The minimum atomic E-state index is 0.0535. The van der Waals surface area contributed by atoms with Crippen LogP contribution < -0.4 is 5.73 Å². The molecule has 1 aliphatic heterocycles. The van der Waals surface area contributed by atoms with Gasteiger partial charge >= 0.3 is 0 Å². The zero-order valence-electron chi connectivity index (χ0n) is 15.5. The van der Waals surface area contributed by atoms with Gasteiger partial charge in [0.15, 0.2) is 0 Å². The predicted molar refractivity (Wildman–Crippen MR) is 100 cm³/mol. The molecule has 2 N–H and O–H groups in total. The molecular weight excluding hydrogens is 314 g/mol. The van der Waals surface area contributed by atoms with Crippen molar-refractivity contribution < 1.29 is 9.59 Å². The van der Waals surface area contributed by atoms with Crippen molar-refractivity contribution in [3.63, 3.8) is 0 Å². The Morgan fingerprint density at radius 3 is 2.44 bits per heavy atom. The van der Waals surface area contributed by atoms with Gasteiger partial charge in [0.2, 0.25) is 5.91 Å². The highest BCUT2D eigenvalue weighted by atomic mass is 16.2. The van der Waals surface area contributed by atoms with Gasteiger partial charge in [0.05, 0.1) is 0 Å². The first-order valence-corrected chi connectivity index (χ1v) is 9.42. The molecule has 0 radical (unpaired) electrons. The van der Waals surface area contributed by atoms with E-state index < -0.39 is 0 Å². The minimum absolute atomic E-state index is 0.0535. The SMILES string of the molecule is CCCN(C(=O)CCC(C)N)C1CCN(C(=O)c2ccccc2)CC1. The highest BCUT2D eigenvalue weighted by molar-refractivity contribution is 5.94. The third kappa shape index (κ3) is 5.56. The molecule has 0 aliphatic carbocycles. The van der Waals surface area contributed by atoms with Crippen molar-refractivity contribution in [2.24, 2.45) is 5.73 Å². The van der Waals surface area contributed by atoms with E-state index >= 15 is 0 Å². The second-order valence-corrected chi connectivity index (χ2v) is 6.99. The monoisotopic (exact) mass is 345 g/mol. The molecule has 5 nitrogen and oxygen atoms in total. The zero-order chi connectivity index (χ0) is 18.2. The van der Waals surface area contributed by atoms with Gasteiger partial charge < -0.3 is 15.5 Å². The first-order valence-electron chi connectivity index (χ1n) is 9.42. The van der Waals surface area contributed by atoms with E-state index in [9.17, 15) is 9.59 Å². The highest BCUT2D eigenvalue weighted by Crippen LogP contribution is 2.20. The fraction of sp³-hybridized carbons (Fsp3) is 0.600. The van der Waals surface area contributed by atoms with Gasteiger partial charge in [-0.05, 0) is 44.7 Å². The Balaban J connectivity index is 1.91. The molecule has 1 fully saturated rings. The Morgan fingerprint density at radius 2 is 1.88 bits per heavy atom. The Bertz CT molecular complexity index is 551. The highest BCUT2D eigenvalue weighted by Gasteiger charge is 2.29. The van der Waals surface area contributed by atoms with Crippen molar-refractivity contribution in [1.82, 2.24) is 9.80 Å². The quantitative estimate of drug-likeness (QED) is 0.826. The fourth-order valence-electron chi connectivity index (χ4n) is 3.39. The molecule has 0 saturated carbocycles. The molecule has 1 aliphatic rings. The average Bonchev–Trinajstić information content (AvgIpc) is 2.64. The molecule has 2 amide bonds. The molecule has 25 heavy (non-hydrogen) atoms. The van der Waals surface area contributed by atoms with Gasteiger partial charge in [-0.15, -0.1) is 0 Å². The van der Waals surface area contributed by atoms with E-state index in [0.29, 0.717) is 19.5 Å². The summed E-state index contributed by atoms with van der Waals surface area (Å²) >= 11 is 0. The smallest absolute Gasteiger partial charge is 0.253 e. The van der Waals surface area contributed by atoms with Crippen molar-refractivity contribution in [3.8, 4) is 0 Å². The number of hydrogen-bond acceptors (Lipinski definition) is 3. The largest absolute Gasteiger partial charge is 0.340 e. The van der Waals surface area contributed by atoms with E-state index in [2.05, 4.69) is 6.92 Å². The molecule has 0 bridgehead atoms. The van der Waals surface area contributed by atoms with Crippen LogP contribution in [0.15, 0.2) is 30.3 Å². The van der Waals surface area contributed by atoms with Crippen LogP contribution in [0.25, 0.3) is 0 Å². The van der Waals surface area contributed by atoms with Gasteiger partial charge in [-0.2, -0.15) is 0 Å². The number of nitrogens with zero attached hydrogens (tertiary/aromatic N) is 2. The number of hydrogen-bond donors (Lipinski definition) is 1. The molecule has 1 aromatic rings. The summed E-state index contributed by atoms with van der Waals surface area (Å²) in [5.41, 5.74) is 6.52. The first-order chi connectivity index (χ1) is 12.0. The van der Waals surface area contributed by atoms with Crippen molar-refractivity contribution in [3.05, 3.63) is 35.9 Å². The normalized spacial score (nSPS) is 16.5. The molecule has 1 saturated heterocycles. The predicted octanol–water partition coefficient (Wildman–Crippen LogP) is 2.66. The number of benzene rings is 1. The second-order valence-electron chi connectivity index (χ2n) is 6.99. The lowest BCUT2D eigenvalue weighted by Gasteiger charge is -2.38. The van der Waals surface area contributed by atoms with Crippen molar-refractivity contribution in [2.45, 2.75) is 58.0 Å². The van der Waals surface area contributed by atoms with E-state index in [1.165, 1.54) is 0 Å². The molecule has 0 spiro atoms. The van der Waals surface area contributed by atoms with Gasteiger partial charge in [-0.1, -0.05) is 25.1 Å². The standard InChI is InChI=1S/C20H31N3O2/c1-3-13-23(19(24)10-9-16(2)21)18-11-14-22(15-12-18)20(25)17-7-5-4-6-8-17/h4-8,16,18H,3,9-15,21H2,1-2H3. The average molecular weight is 345 g/mol. The summed E-state index contributed by atoms with van der Waals surface area (Å²) in [5, 5.41) is 0. The van der Waals surface area contributed by atoms with Crippen molar-refractivity contribution in [1.29, 1.82) is 0 Å². The molecule has 2 rings (SSSR count). The molecular formula is C20H31N3O2. The number of carbonyl (C=O) groups is 2. The third-order valence-corrected chi connectivity index (χ3v) is 4.81. The maximum Gasteiger partial charge on any atom is 0.253 e. The zero-order valence-corrected chi connectivity index (χ0v) is 15.5. The van der Waals surface area contributed by atoms with E-state index in [1.807, 2.05) is 47.1 Å². The molecule has 1 atom stereocenters. The lowest BCUT2D eigenvalue weighted by molar-refractivity contribution is -0.134. The maximum absolute atomic E-state index is 12.6. The van der Waals surface area contributed by atoms with E-state index in [0.717, 1.165) is 37.8 Å². The summed E-state index contributed by atoms with van der Waals surface area (Å²) in [4.78, 5) is 29.0.